The van der Waals surface area contributed by atoms with Crippen LogP contribution in [0, 0.1) is 0 Å². The molecule has 5 N–H and O–H groups in total. The highest BCUT2D eigenvalue weighted by molar-refractivity contribution is 6.33. The molecule has 98 valence electrons. The van der Waals surface area contributed by atoms with Crippen molar-refractivity contribution < 1.29 is 24.2 Å². The zero-order chi connectivity index (χ0) is 13.4. The molecule has 0 aromatic heterocycles. The third-order valence-electron chi connectivity index (χ3n) is 1.95. The molecule has 0 fully saturated rings. The van der Waals surface area contributed by atoms with E-state index in [9.17, 15) is 4.79 Å². The fraction of sp³-hybridized carbons (Fsp3) is 0.300. The van der Waals surface area contributed by atoms with Crippen LogP contribution in [0.15, 0.2) is 24.3 Å². The van der Waals surface area contributed by atoms with Crippen molar-refractivity contribution in [3.8, 4) is 5.75 Å². The molecular weight excluding hydrogens is 239 g/mol. The van der Waals surface area contributed by atoms with E-state index >= 15 is 0 Å². The molecule has 0 heterocycles. The van der Waals surface area contributed by atoms with E-state index in [2.05, 4.69) is 9.97 Å². The molecule has 0 saturated heterocycles. The number of hydrogen-bond donors (Lipinski definition) is 4. The molecule has 0 atom stereocenters. The maximum atomic E-state index is 11.1. The van der Waals surface area contributed by atoms with Crippen LogP contribution in [0.5, 0.6) is 5.75 Å². The van der Waals surface area contributed by atoms with Crippen LogP contribution >= 0.6 is 0 Å². The van der Waals surface area contributed by atoms with Crippen molar-refractivity contribution in [2.24, 2.45) is 5.73 Å². The molecule has 1 rings (SSSR count). The van der Waals surface area contributed by atoms with Gasteiger partial charge in [-0.05, 0) is 17.7 Å². The molecule has 0 spiro atoms. The predicted molar refractivity (Wildman–Crippen MR) is 64.5 cm³/mol. The lowest BCUT2D eigenvalue weighted by Crippen LogP contribution is -2.29. The summed E-state index contributed by atoms with van der Waals surface area (Å²) in [5.41, 5.74) is 5.96. The van der Waals surface area contributed by atoms with Gasteiger partial charge in [-0.25, -0.2) is 4.79 Å². The third-order valence-corrected chi connectivity index (χ3v) is 1.95. The van der Waals surface area contributed by atoms with Gasteiger partial charge in [0.15, 0.2) is 0 Å². The van der Waals surface area contributed by atoms with Gasteiger partial charge < -0.3 is 30.5 Å². The highest BCUT2D eigenvalue weighted by Gasteiger charge is 2.10. The Bertz CT molecular complexity index is 371. The number of nitrogens with one attached hydrogen (secondary N) is 1. The van der Waals surface area contributed by atoms with E-state index in [4.69, 9.17) is 20.5 Å². The van der Waals surface area contributed by atoms with Gasteiger partial charge in [0.05, 0.1) is 0 Å². The van der Waals surface area contributed by atoms with E-state index in [0.29, 0.717) is 18.8 Å². The topological polar surface area (TPSA) is 114 Å². The van der Waals surface area contributed by atoms with E-state index in [1.54, 1.807) is 12.1 Å². The van der Waals surface area contributed by atoms with Crippen molar-refractivity contribution in [2.45, 2.75) is 6.61 Å². The van der Waals surface area contributed by atoms with Crippen molar-refractivity contribution in [1.82, 2.24) is 5.32 Å². The van der Waals surface area contributed by atoms with Crippen LogP contribution in [0.4, 0.5) is 4.79 Å². The SMILES string of the molecule is NCCNC(=O)OCc1ccc(OB(O)O)cc1. The van der Waals surface area contributed by atoms with Crippen molar-refractivity contribution >= 4 is 13.4 Å². The van der Waals surface area contributed by atoms with Gasteiger partial charge in [0, 0.05) is 13.1 Å². The average Bonchev–Trinajstić information content (AvgIpc) is 2.35. The van der Waals surface area contributed by atoms with Crippen LogP contribution in [-0.2, 0) is 11.3 Å². The minimum Gasteiger partial charge on any atom is -0.512 e. The maximum absolute atomic E-state index is 11.1. The minimum absolute atomic E-state index is 0.109. The van der Waals surface area contributed by atoms with Crippen molar-refractivity contribution in [1.29, 1.82) is 0 Å². The van der Waals surface area contributed by atoms with Gasteiger partial charge in [-0.2, -0.15) is 0 Å². The number of alkyl carbamates (subject to hydrolysis) is 1. The molecule has 0 bridgehead atoms. The number of benzene rings is 1. The number of ether oxygens (including phenoxy) is 1. The second-order valence-corrected chi connectivity index (χ2v) is 3.38. The van der Waals surface area contributed by atoms with Crippen LogP contribution in [-0.4, -0.2) is 36.6 Å². The highest BCUT2D eigenvalue weighted by Crippen LogP contribution is 2.12. The second-order valence-electron chi connectivity index (χ2n) is 3.38. The van der Waals surface area contributed by atoms with Gasteiger partial charge in [0.25, 0.3) is 0 Å². The summed E-state index contributed by atoms with van der Waals surface area (Å²) in [6.45, 7) is 0.822. The van der Waals surface area contributed by atoms with Crippen LogP contribution < -0.4 is 15.7 Å². The average molecular weight is 254 g/mol. The lowest BCUT2D eigenvalue weighted by molar-refractivity contribution is 0.140. The summed E-state index contributed by atoms with van der Waals surface area (Å²) in [6.07, 6.45) is -0.536. The van der Waals surface area contributed by atoms with E-state index in [-0.39, 0.29) is 6.61 Å². The van der Waals surface area contributed by atoms with E-state index < -0.39 is 13.4 Å². The molecule has 0 saturated carbocycles. The smallest absolute Gasteiger partial charge is 0.512 e. The Labute approximate surface area is 105 Å². The predicted octanol–water partition coefficient (Wildman–Crippen LogP) is -0.780. The summed E-state index contributed by atoms with van der Waals surface area (Å²) in [4.78, 5) is 11.1. The summed E-state index contributed by atoms with van der Waals surface area (Å²) in [5, 5.41) is 19.6. The molecule has 1 aromatic rings. The fourth-order valence-corrected chi connectivity index (χ4v) is 1.16. The quantitative estimate of drug-likeness (QED) is 0.495. The first-order chi connectivity index (χ1) is 8.61. The second kappa shape index (κ2) is 7.54. The Kier molecular flexibility index (Phi) is 5.99. The zero-order valence-electron chi connectivity index (χ0n) is 9.70. The molecule has 0 aliphatic rings. The Morgan fingerprint density at radius 1 is 1.33 bits per heavy atom. The van der Waals surface area contributed by atoms with Crippen LogP contribution in [0.1, 0.15) is 5.56 Å². The number of carbonyl (C=O) groups excluding carboxylic acids is 1. The number of nitrogens with two attached hydrogens (primary N) is 1. The molecule has 0 aliphatic heterocycles. The van der Waals surface area contributed by atoms with Crippen molar-refractivity contribution in [3.05, 3.63) is 29.8 Å². The summed E-state index contributed by atoms with van der Waals surface area (Å²) < 4.78 is 9.53. The number of carbonyl (C=O) groups is 1. The standard InChI is InChI=1S/C10H15BN2O5/c12-5-6-13-10(14)17-7-8-1-3-9(4-2-8)18-11(15)16/h1-4,15-16H,5-7,12H2,(H,13,14). The van der Waals surface area contributed by atoms with E-state index in [0.717, 1.165) is 5.56 Å². The van der Waals surface area contributed by atoms with Crippen LogP contribution in [0.25, 0.3) is 0 Å². The first-order valence-electron chi connectivity index (χ1n) is 5.34. The minimum atomic E-state index is -1.85. The van der Waals surface area contributed by atoms with Gasteiger partial charge in [0.1, 0.15) is 12.4 Å². The monoisotopic (exact) mass is 254 g/mol. The Morgan fingerprint density at radius 3 is 2.56 bits per heavy atom. The molecule has 0 radical (unpaired) electrons. The van der Waals surface area contributed by atoms with Crippen molar-refractivity contribution in [3.63, 3.8) is 0 Å². The van der Waals surface area contributed by atoms with Crippen LogP contribution in [0.2, 0.25) is 0 Å². The molecule has 18 heavy (non-hydrogen) atoms. The number of hydrogen-bond acceptors (Lipinski definition) is 6. The van der Waals surface area contributed by atoms with E-state index in [1.165, 1.54) is 12.1 Å². The summed E-state index contributed by atoms with van der Waals surface area (Å²) in [7, 11) is -1.85. The molecule has 7 nitrogen and oxygen atoms in total. The van der Waals surface area contributed by atoms with Gasteiger partial charge >= 0.3 is 13.4 Å². The van der Waals surface area contributed by atoms with Gasteiger partial charge in [-0.1, -0.05) is 12.1 Å². The van der Waals surface area contributed by atoms with Gasteiger partial charge in [-0.15, -0.1) is 0 Å². The summed E-state index contributed by atoms with van der Waals surface area (Å²) >= 11 is 0. The molecule has 1 amide bonds. The fourth-order valence-electron chi connectivity index (χ4n) is 1.16. The zero-order valence-corrected chi connectivity index (χ0v) is 9.70. The van der Waals surface area contributed by atoms with Crippen molar-refractivity contribution in [2.75, 3.05) is 13.1 Å². The Hall–Kier alpha value is -1.77. The third kappa shape index (κ3) is 5.53. The first kappa shape index (κ1) is 14.3. The normalized spacial score (nSPS) is 9.72. The van der Waals surface area contributed by atoms with Gasteiger partial charge in [-0.3, -0.25) is 0 Å². The largest absolute Gasteiger partial charge is 0.707 e. The molecule has 0 aliphatic carbocycles. The van der Waals surface area contributed by atoms with Crippen LogP contribution in [0.3, 0.4) is 0 Å². The molecule has 1 aromatic carbocycles. The molecule has 8 heteroatoms. The molecular formula is C10H15BN2O5. The summed E-state index contributed by atoms with van der Waals surface area (Å²) in [6, 6.07) is 6.37. The Balaban J connectivity index is 2.37. The number of amides is 1. The lowest BCUT2D eigenvalue weighted by atomic mass is 10.2. The maximum Gasteiger partial charge on any atom is 0.707 e. The first-order valence-corrected chi connectivity index (χ1v) is 5.34. The highest BCUT2D eigenvalue weighted by atomic mass is 16.6. The Morgan fingerprint density at radius 2 is 2.00 bits per heavy atom. The van der Waals surface area contributed by atoms with E-state index in [1.807, 2.05) is 0 Å². The van der Waals surface area contributed by atoms with Gasteiger partial charge in [0.2, 0.25) is 0 Å². The number of rotatable bonds is 6. The summed E-state index contributed by atoms with van der Waals surface area (Å²) in [5.74, 6) is 0.307. The lowest BCUT2D eigenvalue weighted by Gasteiger charge is -2.07. The molecule has 0 unspecified atom stereocenters.